The van der Waals surface area contributed by atoms with Crippen LogP contribution in [-0.2, 0) is 4.79 Å². The third-order valence-corrected chi connectivity index (χ3v) is 2.71. The summed E-state index contributed by atoms with van der Waals surface area (Å²) in [5.41, 5.74) is 0. The van der Waals surface area contributed by atoms with E-state index in [4.69, 9.17) is 0 Å². The Hall–Kier alpha value is -0.610. The Bertz CT molecular complexity index is 199. The van der Waals surface area contributed by atoms with Crippen LogP contribution < -0.4 is 0 Å². The maximum absolute atomic E-state index is 11.6. The molecule has 1 fully saturated rings. The SMILES string of the molecule is CCCC(=O)N1CCN(CC(C)O)CC1. The second-order valence-corrected chi connectivity index (χ2v) is 4.28. The molecule has 0 aromatic heterocycles. The van der Waals surface area contributed by atoms with Crippen molar-refractivity contribution in [2.24, 2.45) is 0 Å². The van der Waals surface area contributed by atoms with E-state index in [0.29, 0.717) is 6.42 Å². The first-order valence-electron chi connectivity index (χ1n) is 5.81. The van der Waals surface area contributed by atoms with Crippen molar-refractivity contribution in [3.05, 3.63) is 0 Å². The van der Waals surface area contributed by atoms with Gasteiger partial charge in [-0.2, -0.15) is 0 Å². The standard InChI is InChI=1S/C11H22N2O2/c1-3-4-11(15)13-7-5-12(6-8-13)9-10(2)14/h10,14H,3-9H2,1-2H3. The van der Waals surface area contributed by atoms with Crippen LogP contribution in [0.25, 0.3) is 0 Å². The number of β-amino-alcohol motifs (C(OH)–C–C–N with tert-alkyl or cyclic N) is 1. The zero-order valence-electron chi connectivity index (χ0n) is 9.78. The van der Waals surface area contributed by atoms with Crippen LogP contribution in [0, 0.1) is 0 Å². The van der Waals surface area contributed by atoms with Crippen LogP contribution in [0.2, 0.25) is 0 Å². The summed E-state index contributed by atoms with van der Waals surface area (Å²) in [6.45, 7) is 7.95. The molecule has 0 aromatic carbocycles. The average Bonchev–Trinajstić information content (AvgIpc) is 2.18. The molecule has 0 bridgehead atoms. The van der Waals surface area contributed by atoms with Crippen molar-refractivity contribution in [1.29, 1.82) is 0 Å². The number of rotatable bonds is 4. The highest BCUT2D eigenvalue weighted by Gasteiger charge is 2.20. The number of hydrogen-bond donors (Lipinski definition) is 1. The van der Waals surface area contributed by atoms with Gasteiger partial charge in [0, 0.05) is 39.1 Å². The first-order chi connectivity index (χ1) is 7.13. The summed E-state index contributed by atoms with van der Waals surface area (Å²) in [7, 11) is 0. The first kappa shape index (κ1) is 12.5. The fourth-order valence-electron chi connectivity index (χ4n) is 1.93. The first-order valence-corrected chi connectivity index (χ1v) is 5.81. The molecule has 88 valence electrons. The quantitative estimate of drug-likeness (QED) is 0.732. The largest absolute Gasteiger partial charge is 0.392 e. The molecule has 1 aliphatic heterocycles. The number of piperazine rings is 1. The van der Waals surface area contributed by atoms with Gasteiger partial charge in [-0.25, -0.2) is 0 Å². The van der Waals surface area contributed by atoms with Gasteiger partial charge in [0.05, 0.1) is 6.10 Å². The smallest absolute Gasteiger partial charge is 0.222 e. The molecule has 0 radical (unpaired) electrons. The third-order valence-electron chi connectivity index (χ3n) is 2.71. The van der Waals surface area contributed by atoms with Gasteiger partial charge in [0.2, 0.25) is 5.91 Å². The molecule has 1 atom stereocenters. The monoisotopic (exact) mass is 214 g/mol. The molecule has 0 aromatic rings. The molecule has 4 heteroatoms. The molecule has 15 heavy (non-hydrogen) atoms. The lowest BCUT2D eigenvalue weighted by Gasteiger charge is -2.35. The predicted octanol–water partition coefficient (Wildman–Crippen LogP) is 0.311. The van der Waals surface area contributed by atoms with Crippen molar-refractivity contribution < 1.29 is 9.90 Å². The van der Waals surface area contributed by atoms with Gasteiger partial charge in [0.15, 0.2) is 0 Å². The van der Waals surface area contributed by atoms with Gasteiger partial charge in [0.25, 0.3) is 0 Å². The number of nitrogens with zero attached hydrogens (tertiary/aromatic N) is 2. The van der Waals surface area contributed by atoms with E-state index in [1.807, 2.05) is 11.8 Å². The molecule has 1 amide bonds. The van der Waals surface area contributed by atoms with Crippen LogP contribution in [0.3, 0.4) is 0 Å². The van der Waals surface area contributed by atoms with Crippen molar-refractivity contribution in [2.75, 3.05) is 32.7 Å². The molecule has 1 unspecified atom stereocenters. The lowest BCUT2D eigenvalue weighted by molar-refractivity contribution is -0.133. The Morgan fingerprint density at radius 2 is 1.93 bits per heavy atom. The van der Waals surface area contributed by atoms with Gasteiger partial charge in [-0.3, -0.25) is 9.69 Å². The third kappa shape index (κ3) is 4.18. The van der Waals surface area contributed by atoms with Crippen LogP contribution in [0.4, 0.5) is 0 Å². The van der Waals surface area contributed by atoms with E-state index >= 15 is 0 Å². The van der Waals surface area contributed by atoms with Crippen LogP contribution in [0.1, 0.15) is 26.7 Å². The summed E-state index contributed by atoms with van der Waals surface area (Å²) in [6.07, 6.45) is 1.31. The van der Waals surface area contributed by atoms with Gasteiger partial charge in [-0.15, -0.1) is 0 Å². The van der Waals surface area contributed by atoms with Crippen LogP contribution in [0.5, 0.6) is 0 Å². The Balaban J connectivity index is 2.26. The number of carbonyl (C=O) groups is 1. The average molecular weight is 214 g/mol. The van der Waals surface area contributed by atoms with Gasteiger partial charge in [-0.05, 0) is 13.3 Å². The van der Waals surface area contributed by atoms with E-state index in [1.165, 1.54) is 0 Å². The minimum atomic E-state index is -0.275. The maximum Gasteiger partial charge on any atom is 0.222 e. The Kier molecular flexibility index (Phi) is 5.05. The van der Waals surface area contributed by atoms with Crippen LogP contribution >= 0.6 is 0 Å². The number of carbonyl (C=O) groups excluding carboxylic acids is 1. The minimum Gasteiger partial charge on any atom is -0.392 e. The Morgan fingerprint density at radius 3 is 2.40 bits per heavy atom. The van der Waals surface area contributed by atoms with E-state index in [0.717, 1.165) is 39.1 Å². The fraction of sp³-hybridized carbons (Fsp3) is 0.909. The number of hydrogen-bond acceptors (Lipinski definition) is 3. The molecule has 1 heterocycles. The molecule has 0 saturated carbocycles. The lowest BCUT2D eigenvalue weighted by Crippen LogP contribution is -2.50. The molecular formula is C11H22N2O2. The molecular weight excluding hydrogens is 192 g/mol. The molecule has 1 rings (SSSR count). The molecule has 1 N–H and O–H groups in total. The fourth-order valence-corrected chi connectivity index (χ4v) is 1.93. The van der Waals surface area contributed by atoms with E-state index in [9.17, 15) is 9.90 Å². The summed E-state index contributed by atoms with van der Waals surface area (Å²) in [5.74, 6) is 0.272. The topological polar surface area (TPSA) is 43.8 Å². The maximum atomic E-state index is 11.6. The summed E-state index contributed by atoms with van der Waals surface area (Å²) in [5, 5.41) is 9.24. The van der Waals surface area contributed by atoms with Crippen LogP contribution in [0.15, 0.2) is 0 Å². The zero-order chi connectivity index (χ0) is 11.3. The van der Waals surface area contributed by atoms with Crippen molar-refractivity contribution in [2.45, 2.75) is 32.8 Å². The molecule has 1 aliphatic rings. The number of aliphatic hydroxyl groups excluding tert-OH is 1. The van der Waals surface area contributed by atoms with Gasteiger partial charge < -0.3 is 10.0 Å². The number of amides is 1. The predicted molar refractivity (Wildman–Crippen MR) is 59.6 cm³/mol. The molecule has 4 nitrogen and oxygen atoms in total. The summed E-state index contributed by atoms with van der Waals surface area (Å²) in [6, 6.07) is 0. The van der Waals surface area contributed by atoms with Crippen molar-refractivity contribution in [3.8, 4) is 0 Å². The van der Waals surface area contributed by atoms with Crippen molar-refractivity contribution >= 4 is 5.91 Å². The molecule has 1 saturated heterocycles. The highest BCUT2D eigenvalue weighted by molar-refractivity contribution is 5.76. The van der Waals surface area contributed by atoms with E-state index < -0.39 is 0 Å². The molecule has 0 spiro atoms. The van der Waals surface area contributed by atoms with E-state index in [1.54, 1.807) is 6.92 Å². The van der Waals surface area contributed by atoms with E-state index in [2.05, 4.69) is 4.90 Å². The summed E-state index contributed by atoms with van der Waals surface area (Å²) < 4.78 is 0. The normalized spacial score (nSPS) is 20.3. The minimum absolute atomic E-state index is 0.272. The van der Waals surface area contributed by atoms with Gasteiger partial charge in [-0.1, -0.05) is 6.92 Å². The second kappa shape index (κ2) is 6.08. The van der Waals surface area contributed by atoms with Crippen LogP contribution in [-0.4, -0.2) is 59.6 Å². The van der Waals surface area contributed by atoms with Gasteiger partial charge in [0.1, 0.15) is 0 Å². The molecule has 0 aliphatic carbocycles. The van der Waals surface area contributed by atoms with Crippen molar-refractivity contribution in [3.63, 3.8) is 0 Å². The summed E-state index contributed by atoms with van der Waals surface area (Å²) in [4.78, 5) is 15.7. The second-order valence-electron chi connectivity index (χ2n) is 4.28. The highest BCUT2D eigenvalue weighted by atomic mass is 16.3. The summed E-state index contributed by atoms with van der Waals surface area (Å²) >= 11 is 0. The highest BCUT2D eigenvalue weighted by Crippen LogP contribution is 2.05. The van der Waals surface area contributed by atoms with Crippen molar-refractivity contribution in [1.82, 2.24) is 9.80 Å². The van der Waals surface area contributed by atoms with E-state index in [-0.39, 0.29) is 12.0 Å². The zero-order valence-corrected chi connectivity index (χ0v) is 9.78. The number of aliphatic hydroxyl groups is 1. The van der Waals surface area contributed by atoms with Gasteiger partial charge >= 0.3 is 0 Å². The Labute approximate surface area is 91.9 Å². The lowest BCUT2D eigenvalue weighted by atomic mass is 10.2. The Morgan fingerprint density at radius 1 is 1.33 bits per heavy atom.